The van der Waals surface area contributed by atoms with E-state index in [-0.39, 0.29) is 0 Å². The molecule has 3 heterocycles. The van der Waals surface area contributed by atoms with Crippen LogP contribution in [0.25, 0.3) is 16.8 Å². The van der Waals surface area contributed by atoms with E-state index >= 15 is 0 Å². The largest absolute Gasteiger partial charge is 0.345 e. The van der Waals surface area contributed by atoms with Crippen LogP contribution in [-0.2, 0) is 0 Å². The zero-order valence-electron chi connectivity index (χ0n) is 10.1. The summed E-state index contributed by atoms with van der Waals surface area (Å²) in [4.78, 5) is 7.45. The molecular formula is C12H14N6. The Hall–Kier alpha value is -1.95. The minimum absolute atomic E-state index is 0.498. The predicted molar refractivity (Wildman–Crippen MR) is 67.5 cm³/mol. The van der Waals surface area contributed by atoms with E-state index in [4.69, 9.17) is 0 Å². The van der Waals surface area contributed by atoms with E-state index in [1.807, 2.05) is 19.3 Å². The van der Waals surface area contributed by atoms with E-state index < -0.39 is 0 Å². The third-order valence-corrected chi connectivity index (χ3v) is 3.88. The molecule has 3 aromatic heterocycles. The molecule has 0 saturated heterocycles. The van der Waals surface area contributed by atoms with Crippen molar-refractivity contribution in [2.75, 3.05) is 7.05 Å². The summed E-state index contributed by atoms with van der Waals surface area (Å²) in [6.45, 7) is 0. The molecule has 2 N–H and O–H groups in total. The molecule has 1 fully saturated rings. The molecule has 92 valence electrons. The number of H-pyrrole nitrogens is 1. The fraction of sp³-hybridized carbons (Fsp3) is 0.417. The van der Waals surface area contributed by atoms with Gasteiger partial charge in [0, 0.05) is 18.2 Å². The van der Waals surface area contributed by atoms with Crippen LogP contribution in [0.1, 0.15) is 24.6 Å². The first kappa shape index (κ1) is 10.0. The summed E-state index contributed by atoms with van der Waals surface area (Å²) in [5.74, 6) is 1.56. The molecule has 0 unspecified atom stereocenters. The van der Waals surface area contributed by atoms with Gasteiger partial charge in [0.25, 0.3) is 0 Å². The van der Waals surface area contributed by atoms with Gasteiger partial charge in [-0.15, -0.1) is 10.2 Å². The quantitative estimate of drug-likeness (QED) is 0.705. The number of nitrogens with one attached hydrogen (secondary N) is 2. The van der Waals surface area contributed by atoms with Gasteiger partial charge in [0.2, 0.25) is 0 Å². The molecule has 0 aromatic carbocycles. The van der Waals surface area contributed by atoms with Crippen molar-refractivity contribution < 1.29 is 0 Å². The first-order chi connectivity index (χ1) is 8.86. The van der Waals surface area contributed by atoms with Crippen molar-refractivity contribution in [2.45, 2.75) is 24.8 Å². The van der Waals surface area contributed by atoms with Crippen LogP contribution >= 0.6 is 0 Å². The van der Waals surface area contributed by atoms with Crippen LogP contribution in [-0.4, -0.2) is 37.7 Å². The van der Waals surface area contributed by atoms with Crippen molar-refractivity contribution in [3.63, 3.8) is 0 Å². The zero-order valence-corrected chi connectivity index (χ0v) is 10.1. The SMILES string of the molecule is CNC1CC(c2nnc3cnc4[nH]ccc4n23)C1. The lowest BCUT2D eigenvalue weighted by atomic mass is 9.80. The van der Waals surface area contributed by atoms with Crippen LogP contribution in [0.2, 0.25) is 0 Å². The molecule has 0 spiro atoms. The lowest BCUT2D eigenvalue weighted by Gasteiger charge is -2.33. The Kier molecular flexibility index (Phi) is 1.96. The van der Waals surface area contributed by atoms with E-state index in [1.54, 1.807) is 6.20 Å². The van der Waals surface area contributed by atoms with Gasteiger partial charge in [-0.25, -0.2) is 4.98 Å². The predicted octanol–water partition coefficient (Wildman–Crippen LogP) is 1.07. The van der Waals surface area contributed by atoms with E-state index in [9.17, 15) is 0 Å². The third kappa shape index (κ3) is 1.23. The molecular weight excluding hydrogens is 228 g/mol. The highest BCUT2D eigenvalue weighted by Gasteiger charge is 2.32. The molecule has 1 aliphatic carbocycles. The van der Waals surface area contributed by atoms with Crippen molar-refractivity contribution in [3.05, 3.63) is 24.3 Å². The lowest BCUT2D eigenvalue weighted by Crippen LogP contribution is -2.38. The third-order valence-electron chi connectivity index (χ3n) is 3.88. The Labute approximate surface area is 103 Å². The van der Waals surface area contributed by atoms with Gasteiger partial charge >= 0.3 is 0 Å². The maximum atomic E-state index is 4.35. The molecule has 4 rings (SSSR count). The average Bonchev–Trinajstić information content (AvgIpc) is 2.92. The van der Waals surface area contributed by atoms with Crippen LogP contribution in [0, 0.1) is 0 Å². The van der Waals surface area contributed by atoms with Gasteiger partial charge in [-0.1, -0.05) is 0 Å². The van der Waals surface area contributed by atoms with Crippen molar-refractivity contribution >= 4 is 16.8 Å². The smallest absolute Gasteiger partial charge is 0.179 e. The van der Waals surface area contributed by atoms with Crippen molar-refractivity contribution in [2.24, 2.45) is 0 Å². The molecule has 0 atom stereocenters. The number of hydrogen-bond acceptors (Lipinski definition) is 4. The molecule has 18 heavy (non-hydrogen) atoms. The molecule has 1 aliphatic rings. The van der Waals surface area contributed by atoms with Gasteiger partial charge in [0.15, 0.2) is 11.3 Å². The Bertz CT molecular complexity index is 706. The summed E-state index contributed by atoms with van der Waals surface area (Å²) in [5.41, 5.74) is 2.76. The summed E-state index contributed by atoms with van der Waals surface area (Å²) < 4.78 is 2.12. The monoisotopic (exact) mass is 242 g/mol. The van der Waals surface area contributed by atoms with Gasteiger partial charge in [0.05, 0.1) is 11.7 Å². The number of nitrogens with zero attached hydrogens (tertiary/aromatic N) is 4. The number of rotatable bonds is 2. The Morgan fingerprint density at radius 2 is 2.28 bits per heavy atom. The Morgan fingerprint density at radius 1 is 1.39 bits per heavy atom. The molecule has 6 nitrogen and oxygen atoms in total. The van der Waals surface area contributed by atoms with Gasteiger partial charge in [-0.05, 0) is 26.0 Å². The summed E-state index contributed by atoms with van der Waals surface area (Å²) in [7, 11) is 2.01. The summed E-state index contributed by atoms with van der Waals surface area (Å²) in [6.07, 6.45) is 5.93. The molecule has 3 aromatic rings. The topological polar surface area (TPSA) is 70.9 Å². The van der Waals surface area contributed by atoms with Crippen molar-refractivity contribution in [1.82, 2.24) is 29.9 Å². The maximum absolute atomic E-state index is 4.35. The minimum Gasteiger partial charge on any atom is -0.345 e. The van der Waals surface area contributed by atoms with Crippen molar-refractivity contribution in [1.29, 1.82) is 0 Å². The average molecular weight is 242 g/mol. The molecule has 0 radical (unpaired) electrons. The molecule has 0 bridgehead atoms. The first-order valence-electron chi connectivity index (χ1n) is 6.21. The molecule has 1 saturated carbocycles. The maximum Gasteiger partial charge on any atom is 0.179 e. The highest BCUT2D eigenvalue weighted by atomic mass is 15.3. The lowest BCUT2D eigenvalue weighted by molar-refractivity contribution is 0.296. The molecule has 6 heteroatoms. The van der Waals surface area contributed by atoms with E-state index in [0.29, 0.717) is 12.0 Å². The van der Waals surface area contributed by atoms with E-state index in [1.165, 1.54) is 0 Å². The number of hydrogen-bond donors (Lipinski definition) is 2. The first-order valence-corrected chi connectivity index (χ1v) is 6.21. The van der Waals surface area contributed by atoms with Gasteiger partial charge in [0.1, 0.15) is 5.82 Å². The van der Waals surface area contributed by atoms with Gasteiger partial charge < -0.3 is 10.3 Å². The van der Waals surface area contributed by atoms with Crippen LogP contribution in [0.15, 0.2) is 18.5 Å². The van der Waals surface area contributed by atoms with Crippen LogP contribution in [0.3, 0.4) is 0 Å². The normalized spacial score (nSPS) is 23.6. The summed E-state index contributed by atoms with van der Waals surface area (Å²) >= 11 is 0. The number of fused-ring (bicyclic) bond motifs is 3. The zero-order chi connectivity index (χ0) is 12.1. The summed E-state index contributed by atoms with van der Waals surface area (Å²) in [5, 5.41) is 11.9. The number of aromatic nitrogens is 5. The van der Waals surface area contributed by atoms with E-state index in [2.05, 4.69) is 29.9 Å². The molecule has 0 aliphatic heterocycles. The second-order valence-corrected chi connectivity index (χ2v) is 4.88. The Balaban J connectivity index is 1.88. The number of aromatic amines is 1. The van der Waals surface area contributed by atoms with Crippen molar-refractivity contribution in [3.8, 4) is 0 Å². The van der Waals surface area contributed by atoms with Gasteiger partial charge in [-0.2, -0.15) is 0 Å². The fourth-order valence-electron chi connectivity index (χ4n) is 2.73. The van der Waals surface area contributed by atoms with E-state index in [0.717, 1.165) is 35.5 Å². The second kappa shape index (κ2) is 3.52. The standard InChI is InChI=1S/C12H14N6/c1-13-8-4-7(5-8)12-17-16-10-6-15-11-9(18(10)12)2-3-14-11/h2-3,6-8,13-14H,4-5H2,1H3. The molecule has 0 amide bonds. The second-order valence-electron chi connectivity index (χ2n) is 4.88. The minimum atomic E-state index is 0.498. The van der Waals surface area contributed by atoms with Crippen LogP contribution < -0.4 is 5.32 Å². The summed E-state index contributed by atoms with van der Waals surface area (Å²) in [6, 6.07) is 2.64. The van der Waals surface area contributed by atoms with Gasteiger partial charge in [-0.3, -0.25) is 4.40 Å². The highest BCUT2D eigenvalue weighted by molar-refractivity contribution is 5.74. The highest BCUT2D eigenvalue weighted by Crippen LogP contribution is 2.36. The Morgan fingerprint density at radius 3 is 3.11 bits per heavy atom. The van der Waals surface area contributed by atoms with Crippen LogP contribution in [0.5, 0.6) is 0 Å². The fourth-order valence-corrected chi connectivity index (χ4v) is 2.73. The van der Waals surface area contributed by atoms with Crippen LogP contribution in [0.4, 0.5) is 0 Å².